The van der Waals surface area contributed by atoms with Gasteiger partial charge in [0.1, 0.15) is 5.82 Å². The van der Waals surface area contributed by atoms with Crippen molar-refractivity contribution < 1.29 is 9.13 Å². The molecule has 1 aromatic rings. The zero-order chi connectivity index (χ0) is 16.5. The van der Waals surface area contributed by atoms with Crippen molar-refractivity contribution in [1.29, 1.82) is 0 Å². The molecule has 1 aliphatic carbocycles. The highest BCUT2D eigenvalue weighted by Gasteiger charge is 2.36. The van der Waals surface area contributed by atoms with E-state index in [2.05, 4.69) is 15.6 Å². The molecule has 0 saturated heterocycles. The number of halogens is 1. The Morgan fingerprint density at radius 1 is 1.30 bits per heavy atom. The van der Waals surface area contributed by atoms with E-state index in [4.69, 9.17) is 4.74 Å². The van der Waals surface area contributed by atoms with Gasteiger partial charge in [0, 0.05) is 32.4 Å². The Bertz CT molecular complexity index is 515. The molecule has 1 aromatic carbocycles. The Morgan fingerprint density at radius 3 is 2.70 bits per heavy atom. The van der Waals surface area contributed by atoms with E-state index in [9.17, 15) is 4.39 Å². The Hall–Kier alpha value is -1.62. The maximum atomic E-state index is 13.7. The molecular formula is C18H28FN3O. The number of guanidine groups is 1. The zero-order valence-electron chi connectivity index (χ0n) is 14.2. The number of aliphatic imine (C=N–C) groups is 1. The summed E-state index contributed by atoms with van der Waals surface area (Å²) >= 11 is 0. The average molecular weight is 321 g/mol. The standard InChI is InChI=1S/C18H28FN3O/c1-3-20-17(21-13-15-7-4-5-8-16(15)19)22-14-18(9-6-10-18)11-12-23-2/h4-5,7-8H,3,6,9-14H2,1-2H3,(H2,20,21,22). The molecule has 1 fully saturated rings. The molecule has 0 aliphatic heterocycles. The number of ether oxygens (including phenoxy) is 1. The predicted molar refractivity (Wildman–Crippen MR) is 92.0 cm³/mol. The van der Waals surface area contributed by atoms with Crippen molar-refractivity contribution >= 4 is 5.96 Å². The Morgan fingerprint density at radius 2 is 2.09 bits per heavy atom. The van der Waals surface area contributed by atoms with Gasteiger partial charge in [-0.1, -0.05) is 24.6 Å². The predicted octanol–water partition coefficient (Wildman–Crippen LogP) is 3.09. The molecule has 2 N–H and O–H groups in total. The van der Waals surface area contributed by atoms with Crippen molar-refractivity contribution in [3.8, 4) is 0 Å². The van der Waals surface area contributed by atoms with Gasteiger partial charge in [-0.25, -0.2) is 9.38 Å². The second kappa shape index (κ2) is 8.87. The maximum absolute atomic E-state index is 13.7. The summed E-state index contributed by atoms with van der Waals surface area (Å²) in [5, 5.41) is 6.66. The van der Waals surface area contributed by atoms with Crippen LogP contribution in [0.25, 0.3) is 0 Å². The first-order valence-corrected chi connectivity index (χ1v) is 8.44. The highest BCUT2D eigenvalue weighted by atomic mass is 19.1. The lowest BCUT2D eigenvalue weighted by Crippen LogP contribution is -2.47. The normalized spacial score (nSPS) is 16.7. The number of hydrogen-bond donors (Lipinski definition) is 2. The Labute approximate surface area is 138 Å². The molecule has 23 heavy (non-hydrogen) atoms. The lowest BCUT2D eigenvalue weighted by molar-refractivity contribution is 0.0732. The van der Waals surface area contributed by atoms with Crippen molar-refractivity contribution in [1.82, 2.24) is 10.6 Å². The molecular weight excluding hydrogens is 293 g/mol. The number of nitrogens with zero attached hydrogens (tertiary/aromatic N) is 1. The highest BCUT2D eigenvalue weighted by Crippen LogP contribution is 2.43. The van der Waals surface area contributed by atoms with Crippen LogP contribution in [0.4, 0.5) is 4.39 Å². The van der Waals surface area contributed by atoms with E-state index in [1.54, 1.807) is 19.2 Å². The first kappa shape index (κ1) is 17.7. The highest BCUT2D eigenvalue weighted by molar-refractivity contribution is 5.79. The van der Waals surface area contributed by atoms with Gasteiger partial charge in [-0.15, -0.1) is 0 Å². The third-order valence-corrected chi connectivity index (χ3v) is 4.59. The minimum Gasteiger partial charge on any atom is -0.385 e. The van der Waals surface area contributed by atoms with Gasteiger partial charge in [-0.05, 0) is 37.7 Å². The van der Waals surface area contributed by atoms with Crippen molar-refractivity contribution in [3.63, 3.8) is 0 Å². The topological polar surface area (TPSA) is 45.7 Å². The van der Waals surface area contributed by atoms with Crippen LogP contribution in [-0.2, 0) is 11.3 Å². The Kier molecular flexibility index (Phi) is 6.84. The van der Waals surface area contributed by atoms with Gasteiger partial charge in [0.25, 0.3) is 0 Å². The SMILES string of the molecule is CCNC(=NCc1ccccc1F)NCC1(CCOC)CCC1. The fraction of sp³-hybridized carbons (Fsp3) is 0.611. The number of rotatable bonds is 8. The van der Waals surface area contributed by atoms with Crippen LogP contribution < -0.4 is 10.6 Å². The van der Waals surface area contributed by atoms with E-state index in [0.29, 0.717) is 17.5 Å². The minimum atomic E-state index is -0.206. The first-order chi connectivity index (χ1) is 11.2. The quantitative estimate of drug-likeness (QED) is 0.571. The average Bonchev–Trinajstić information content (AvgIpc) is 2.52. The molecule has 5 heteroatoms. The summed E-state index contributed by atoms with van der Waals surface area (Å²) in [5.74, 6) is 0.544. The molecule has 0 spiro atoms. The lowest BCUT2D eigenvalue weighted by Gasteiger charge is -2.42. The molecule has 0 amide bonds. The van der Waals surface area contributed by atoms with E-state index in [-0.39, 0.29) is 5.82 Å². The molecule has 0 atom stereocenters. The molecule has 0 unspecified atom stereocenters. The van der Waals surface area contributed by atoms with E-state index in [1.165, 1.54) is 25.3 Å². The van der Waals surface area contributed by atoms with Crippen molar-refractivity contribution in [2.75, 3.05) is 26.8 Å². The van der Waals surface area contributed by atoms with Crippen LogP contribution in [0.3, 0.4) is 0 Å². The summed E-state index contributed by atoms with van der Waals surface area (Å²) in [6, 6.07) is 6.78. The summed E-state index contributed by atoms with van der Waals surface area (Å²) in [6.07, 6.45) is 4.82. The fourth-order valence-corrected chi connectivity index (χ4v) is 2.91. The van der Waals surface area contributed by atoms with Crippen LogP contribution in [0.15, 0.2) is 29.3 Å². The van der Waals surface area contributed by atoms with Crippen LogP contribution in [0, 0.1) is 11.2 Å². The molecule has 4 nitrogen and oxygen atoms in total. The monoisotopic (exact) mass is 321 g/mol. The van der Waals surface area contributed by atoms with Gasteiger partial charge >= 0.3 is 0 Å². The van der Waals surface area contributed by atoms with Crippen LogP contribution in [-0.4, -0.2) is 32.8 Å². The number of nitrogens with one attached hydrogen (secondary N) is 2. The number of methoxy groups -OCH3 is 1. The van der Waals surface area contributed by atoms with E-state index in [0.717, 1.165) is 32.1 Å². The van der Waals surface area contributed by atoms with Crippen molar-refractivity contribution in [3.05, 3.63) is 35.6 Å². The molecule has 1 saturated carbocycles. The molecule has 128 valence electrons. The lowest BCUT2D eigenvalue weighted by atomic mass is 9.67. The second-order valence-electron chi connectivity index (χ2n) is 6.24. The third kappa shape index (κ3) is 5.20. The summed E-state index contributed by atoms with van der Waals surface area (Å²) in [7, 11) is 1.75. The van der Waals surface area contributed by atoms with Gasteiger partial charge in [-0.3, -0.25) is 0 Å². The van der Waals surface area contributed by atoms with Gasteiger partial charge < -0.3 is 15.4 Å². The molecule has 1 aliphatic rings. The van der Waals surface area contributed by atoms with Gasteiger partial charge in [-0.2, -0.15) is 0 Å². The van der Waals surface area contributed by atoms with E-state index >= 15 is 0 Å². The van der Waals surface area contributed by atoms with E-state index < -0.39 is 0 Å². The largest absolute Gasteiger partial charge is 0.385 e. The van der Waals surface area contributed by atoms with Crippen LogP contribution in [0.1, 0.15) is 38.2 Å². The first-order valence-electron chi connectivity index (χ1n) is 8.44. The number of benzene rings is 1. The molecule has 0 heterocycles. The summed E-state index contributed by atoms with van der Waals surface area (Å²) < 4.78 is 18.9. The molecule has 0 aromatic heterocycles. The van der Waals surface area contributed by atoms with Crippen molar-refractivity contribution in [2.45, 2.75) is 39.2 Å². The molecule has 0 radical (unpaired) electrons. The molecule has 0 bridgehead atoms. The number of hydrogen-bond acceptors (Lipinski definition) is 2. The smallest absolute Gasteiger partial charge is 0.191 e. The van der Waals surface area contributed by atoms with Crippen molar-refractivity contribution in [2.24, 2.45) is 10.4 Å². The maximum Gasteiger partial charge on any atom is 0.191 e. The van der Waals surface area contributed by atoms with Gasteiger partial charge in [0.15, 0.2) is 5.96 Å². The second-order valence-corrected chi connectivity index (χ2v) is 6.24. The van der Waals surface area contributed by atoms with Gasteiger partial charge in [0.2, 0.25) is 0 Å². The summed E-state index contributed by atoms with van der Waals surface area (Å²) in [4.78, 5) is 4.51. The summed E-state index contributed by atoms with van der Waals surface area (Å²) in [6.45, 7) is 4.84. The minimum absolute atomic E-state index is 0.206. The van der Waals surface area contributed by atoms with Gasteiger partial charge in [0.05, 0.1) is 6.54 Å². The molecule has 2 rings (SSSR count). The summed E-state index contributed by atoms with van der Waals surface area (Å²) in [5.41, 5.74) is 0.937. The Balaban J connectivity index is 1.92. The zero-order valence-corrected chi connectivity index (χ0v) is 14.2. The van der Waals surface area contributed by atoms with Crippen LogP contribution in [0.5, 0.6) is 0 Å². The van der Waals surface area contributed by atoms with Crippen LogP contribution in [0.2, 0.25) is 0 Å². The van der Waals surface area contributed by atoms with Crippen LogP contribution >= 0.6 is 0 Å². The van der Waals surface area contributed by atoms with E-state index in [1.807, 2.05) is 13.0 Å². The fourth-order valence-electron chi connectivity index (χ4n) is 2.91. The third-order valence-electron chi connectivity index (χ3n) is 4.59.